The van der Waals surface area contributed by atoms with Crippen LogP contribution in [0.5, 0.6) is 5.75 Å². The van der Waals surface area contributed by atoms with Crippen LogP contribution in [0.1, 0.15) is 10.4 Å². The Morgan fingerprint density at radius 2 is 2.00 bits per heavy atom. The van der Waals surface area contributed by atoms with Gasteiger partial charge in [0.25, 0.3) is 0 Å². The molecule has 0 spiro atoms. The highest BCUT2D eigenvalue weighted by Crippen LogP contribution is 2.24. The van der Waals surface area contributed by atoms with Crippen LogP contribution in [0.4, 0.5) is 0 Å². The number of benzene rings is 1. The van der Waals surface area contributed by atoms with Gasteiger partial charge in [-0.25, -0.2) is 0 Å². The third-order valence-electron chi connectivity index (χ3n) is 3.49. The summed E-state index contributed by atoms with van der Waals surface area (Å²) in [6.07, 6.45) is 0. The molecule has 6 heteroatoms. The maximum absolute atomic E-state index is 5.50. The smallest absolute Gasteiger partial charge is 0.139 e. The lowest BCUT2D eigenvalue weighted by Gasteiger charge is -2.36. The first-order valence-corrected chi connectivity index (χ1v) is 9.31. The molecule has 3 rings (SSSR count). The minimum Gasteiger partial charge on any atom is -0.497 e. The van der Waals surface area contributed by atoms with Crippen molar-refractivity contribution in [3.05, 3.63) is 52.2 Å². The van der Waals surface area contributed by atoms with E-state index in [1.807, 2.05) is 12.1 Å². The van der Waals surface area contributed by atoms with Crippen LogP contribution in [0.3, 0.4) is 0 Å². The van der Waals surface area contributed by atoms with Crippen molar-refractivity contribution in [1.29, 1.82) is 0 Å². The number of ether oxygens (including phenoxy) is 1. The van der Waals surface area contributed by atoms with Gasteiger partial charge in [0, 0.05) is 11.4 Å². The molecular weight excluding hydrogens is 332 g/mol. The number of thioether (sulfide) groups is 1. The molecule has 0 amide bonds. The van der Waals surface area contributed by atoms with Gasteiger partial charge < -0.3 is 9.64 Å². The molecule has 1 aliphatic heterocycles. The van der Waals surface area contributed by atoms with Gasteiger partial charge in [0.1, 0.15) is 10.1 Å². The lowest BCUT2D eigenvalue weighted by molar-refractivity contribution is 0.202. The molecule has 1 aliphatic rings. The van der Waals surface area contributed by atoms with Crippen LogP contribution < -0.4 is 4.74 Å². The fourth-order valence-corrected chi connectivity index (χ4v) is 4.14. The number of hydrogen-bond donors (Lipinski definition) is 0. The molecule has 0 atom stereocenters. The summed E-state index contributed by atoms with van der Waals surface area (Å²) < 4.78 is 6.21. The number of methoxy groups -OCH3 is 1. The summed E-state index contributed by atoms with van der Waals surface area (Å²) in [5, 5.41) is 2.12. The van der Waals surface area contributed by atoms with Crippen LogP contribution in [0, 0.1) is 0 Å². The van der Waals surface area contributed by atoms with Gasteiger partial charge in [0.15, 0.2) is 0 Å². The van der Waals surface area contributed by atoms with Crippen molar-refractivity contribution in [2.24, 2.45) is 0 Å². The van der Waals surface area contributed by atoms with Gasteiger partial charge in [0.2, 0.25) is 0 Å². The third kappa shape index (κ3) is 4.01. The van der Waals surface area contributed by atoms with Crippen molar-refractivity contribution in [2.75, 3.05) is 19.7 Å². The van der Waals surface area contributed by atoms with Crippen molar-refractivity contribution in [2.45, 2.75) is 13.1 Å². The van der Waals surface area contributed by atoms with Gasteiger partial charge in [-0.3, -0.25) is 4.90 Å². The van der Waals surface area contributed by atoms with E-state index in [9.17, 15) is 0 Å². The minimum absolute atomic E-state index is 0.885. The highest BCUT2D eigenvalue weighted by molar-refractivity contribution is 8.22. The number of thiocarbonyl (C=S) groups is 1. The Hall–Kier alpha value is -1.08. The molecule has 0 saturated carbocycles. The fraction of sp³-hybridized carbons (Fsp3) is 0.312. The zero-order valence-corrected chi connectivity index (χ0v) is 14.8. The molecule has 3 nitrogen and oxygen atoms in total. The van der Waals surface area contributed by atoms with E-state index in [4.69, 9.17) is 17.0 Å². The van der Waals surface area contributed by atoms with E-state index in [2.05, 4.69) is 39.4 Å². The first-order chi connectivity index (χ1) is 10.7. The summed E-state index contributed by atoms with van der Waals surface area (Å²) in [5.74, 6) is 1.85. The molecule has 2 aromatic rings. The van der Waals surface area contributed by atoms with E-state index >= 15 is 0 Å². The van der Waals surface area contributed by atoms with Crippen molar-refractivity contribution in [3.63, 3.8) is 0 Å². The molecule has 1 saturated heterocycles. The van der Waals surface area contributed by atoms with Gasteiger partial charge in [-0.15, -0.1) is 11.3 Å². The number of nitrogens with zero attached hydrogens (tertiary/aromatic N) is 2. The van der Waals surface area contributed by atoms with Gasteiger partial charge in [-0.2, -0.15) is 0 Å². The summed E-state index contributed by atoms with van der Waals surface area (Å²) in [6, 6.07) is 12.5. The van der Waals surface area contributed by atoms with Crippen molar-refractivity contribution in [1.82, 2.24) is 9.80 Å². The van der Waals surface area contributed by atoms with E-state index in [1.165, 1.54) is 10.4 Å². The summed E-state index contributed by atoms with van der Waals surface area (Å²) in [6.45, 7) is 2.72. The fourth-order valence-electron chi connectivity index (χ4n) is 2.37. The number of thiophene rings is 1. The highest BCUT2D eigenvalue weighted by atomic mass is 32.2. The van der Waals surface area contributed by atoms with Crippen LogP contribution in [0.15, 0.2) is 41.8 Å². The highest BCUT2D eigenvalue weighted by Gasteiger charge is 2.22. The molecule has 0 bridgehead atoms. The van der Waals surface area contributed by atoms with Crippen LogP contribution in [0.25, 0.3) is 0 Å². The quantitative estimate of drug-likeness (QED) is 0.755. The number of hydrogen-bond acceptors (Lipinski definition) is 5. The van der Waals surface area contributed by atoms with Crippen LogP contribution in [0.2, 0.25) is 0 Å². The van der Waals surface area contributed by atoms with E-state index in [0.29, 0.717) is 0 Å². The van der Waals surface area contributed by atoms with E-state index in [-0.39, 0.29) is 0 Å². The zero-order valence-electron chi connectivity index (χ0n) is 12.4. The van der Waals surface area contributed by atoms with Gasteiger partial charge in [0.05, 0.1) is 26.2 Å². The third-order valence-corrected chi connectivity index (χ3v) is 5.96. The Kier molecular flexibility index (Phi) is 5.36. The molecule has 116 valence electrons. The Morgan fingerprint density at radius 3 is 2.68 bits per heavy atom. The number of rotatable bonds is 5. The molecule has 22 heavy (non-hydrogen) atoms. The van der Waals surface area contributed by atoms with Crippen LogP contribution in [-0.2, 0) is 13.1 Å². The SMILES string of the molecule is COc1ccc(CN2CSC(=S)N(Cc3cccs3)C2)cc1. The lowest BCUT2D eigenvalue weighted by atomic mass is 10.2. The lowest BCUT2D eigenvalue weighted by Crippen LogP contribution is -2.43. The van der Waals surface area contributed by atoms with Crippen LogP contribution >= 0.6 is 35.3 Å². The van der Waals surface area contributed by atoms with Crippen molar-refractivity contribution >= 4 is 39.6 Å². The van der Waals surface area contributed by atoms with Gasteiger partial charge >= 0.3 is 0 Å². The molecule has 2 heterocycles. The minimum atomic E-state index is 0.885. The first kappa shape index (κ1) is 15.8. The largest absolute Gasteiger partial charge is 0.497 e. The Morgan fingerprint density at radius 1 is 1.18 bits per heavy atom. The van der Waals surface area contributed by atoms with Gasteiger partial charge in [-0.1, -0.05) is 42.2 Å². The molecule has 0 unspecified atom stereocenters. The Labute approximate surface area is 144 Å². The first-order valence-electron chi connectivity index (χ1n) is 7.04. The van der Waals surface area contributed by atoms with Gasteiger partial charge in [-0.05, 0) is 29.1 Å². The molecule has 1 aromatic heterocycles. The second-order valence-corrected chi connectivity index (χ2v) is 7.75. The van der Waals surface area contributed by atoms with Crippen molar-refractivity contribution < 1.29 is 4.74 Å². The second-order valence-electron chi connectivity index (χ2n) is 5.14. The molecule has 0 N–H and O–H groups in total. The van der Waals surface area contributed by atoms with Crippen LogP contribution in [-0.4, -0.2) is 33.8 Å². The average molecular weight is 351 g/mol. The molecule has 1 aromatic carbocycles. The summed E-state index contributed by atoms with van der Waals surface area (Å²) >= 11 is 9.03. The molecular formula is C16H18N2OS3. The molecule has 0 aliphatic carbocycles. The molecule has 1 fully saturated rings. The van der Waals surface area contributed by atoms with E-state index in [0.717, 1.165) is 35.7 Å². The maximum atomic E-state index is 5.50. The molecule has 0 radical (unpaired) electrons. The van der Waals surface area contributed by atoms with Crippen molar-refractivity contribution in [3.8, 4) is 5.75 Å². The monoisotopic (exact) mass is 350 g/mol. The maximum Gasteiger partial charge on any atom is 0.139 e. The Balaban J connectivity index is 1.60. The average Bonchev–Trinajstić information content (AvgIpc) is 3.04. The predicted octanol–water partition coefficient (Wildman–Crippen LogP) is 4.01. The predicted molar refractivity (Wildman–Crippen MR) is 98.3 cm³/mol. The summed E-state index contributed by atoms with van der Waals surface area (Å²) in [5.41, 5.74) is 1.30. The summed E-state index contributed by atoms with van der Waals surface area (Å²) in [4.78, 5) is 6.05. The standard InChI is InChI=1S/C16H18N2OS3/c1-19-14-6-4-13(5-7-14)9-17-11-18(16(20)22-12-17)10-15-3-2-8-21-15/h2-8H,9-12H2,1H3. The topological polar surface area (TPSA) is 15.7 Å². The van der Waals surface area contributed by atoms with E-state index < -0.39 is 0 Å². The summed E-state index contributed by atoms with van der Waals surface area (Å²) in [7, 11) is 1.69. The van der Waals surface area contributed by atoms with E-state index in [1.54, 1.807) is 30.2 Å². The Bertz CT molecular complexity index is 613. The normalized spacial score (nSPS) is 16.0. The second kappa shape index (κ2) is 7.46. The zero-order chi connectivity index (χ0) is 15.4.